The van der Waals surface area contributed by atoms with Crippen molar-refractivity contribution in [1.29, 1.82) is 0 Å². The van der Waals surface area contributed by atoms with Crippen LogP contribution < -0.4 is 4.74 Å². The van der Waals surface area contributed by atoms with E-state index >= 15 is 0 Å². The number of carboxylic acids is 1. The third-order valence-corrected chi connectivity index (χ3v) is 2.86. The quantitative estimate of drug-likeness (QED) is 0.629. The van der Waals surface area contributed by atoms with Crippen molar-refractivity contribution in [2.45, 2.75) is 19.8 Å². The first kappa shape index (κ1) is 16.2. The molecular formula is C13H13BrO6. The van der Waals surface area contributed by atoms with Gasteiger partial charge in [0.25, 0.3) is 0 Å². The van der Waals surface area contributed by atoms with Gasteiger partial charge < -0.3 is 14.6 Å². The molecule has 0 fully saturated rings. The van der Waals surface area contributed by atoms with Gasteiger partial charge in [-0.15, -0.1) is 0 Å². The number of carbonyl (C=O) groups is 3. The summed E-state index contributed by atoms with van der Waals surface area (Å²) in [5.41, 5.74) is 0.0724. The maximum atomic E-state index is 11.5. The normalized spacial score (nSPS) is 9.90. The minimum Gasteiger partial charge on any atom is -0.478 e. The van der Waals surface area contributed by atoms with Crippen molar-refractivity contribution in [3.8, 4) is 5.75 Å². The molecule has 0 heterocycles. The number of hydrogen-bond donors (Lipinski definition) is 1. The molecule has 0 aliphatic carbocycles. The van der Waals surface area contributed by atoms with Crippen molar-refractivity contribution in [2.75, 3.05) is 6.61 Å². The third-order valence-electron chi connectivity index (χ3n) is 2.24. The van der Waals surface area contributed by atoms with E-state index in [0.29, 0.717) is 4.47 Å². The Hall–Kier alpha value is -1.89. The van der Waals surface area contributed by atoms with Gasteiger partial charge in [0.2, 0.25) is 0 Å². The van der Waals surface area contributed by atoms with Crippen LogP contribution in [0.2, 0.25) is 0 Å². The molecule has 0 amide bonds. The summed E-state index contributed by atoms with van der Waals surface area (Å²) in [5, 5.41) is 8.80. The molecule has 0 unspecified atom stereocenters. The molecule has 0 aromatic heterocycles. The number of rotatable bonds is 6. The van der Waals surface area contributed by atoms with Gasteiger partial charge in [0, 0.05) is 0 Å². The number of carbonyl (C=O) groups excluding carboxylic acids is 2. The van der Waals surface area contributed by atoms with E-state index < -0.39 is 17.9 Å². The van der Waals surface area contributed by atoms with Gasteiger partial charge in [-0.25, -0.2) is 4.79 Å². The predicted octanol–water partition coefficient (Wildman–Crippen LogP) is 2.40. The Morgan fingerprint density at radius 1 is 1.20 bits per heavy atom. The third kappa shape index (κ3) is 5.00. The summed E-state index contributed by atoms with van der Waals surface area (Å²) < 4.78 is 10.1. The number of ether oxygens (including phenoxy) is 2. The van der Waals surface area contributed by atoms with E-state index in [1.54, 1.807) is 6.92 Å². The van der Waals surface area contributed by atoms with Gasteiger partial charge in [-0.05, 0) is 41.1 Å². The standard InChI is InChI=1S/C13H13BrO6/c1-2-19-11(15)5-6-12(16)20-10-4-3-8(13(17)18)7-9(10)14/h3-4,7H,2,5-6H2,1H3,(H,17,18). The first-order chi connectivity index (χ1) is 9.43. The molecule has 0 saturated heterocycles. The van der Waals surface area contributed by atoms with E-state index in [9.17, 15) is 14.4 Å². The smallest absolute Gasteiger partial charge is 0.335 e. The summed E-state index contributed by atoms with van der Waals surface area (Å²) in [4.78, 5) is 33.4. The number of carboxylic acid groups (broad SMARTS) is 1. The summed E-state index contributed by atoms with van der Waals surface area (Å²) in [7, 11) is 0. The molecule has 1 aromatic carbocycles. The van der Waals surface area contributed by atoms with Crippen LogP contribution in [0.15, 0.2) is 22.7 Å². The lowest BCUT2D eigenvalue weighted by molar-refractivity contribution is -0.146. The summed E-state index contributed by atoms with van der Waals surface area (Å²) in [5.74, 6) is -1.94. The first-order valence-corrected chi connectivity index (χ1v) is 6.62. The van der Waals surface area contributed by atoms with Gasteiger partial charge in [-0.3, -0.25) is 9.59 Å². The van der Waals surface area contributed by atoms with Gasteiger partial charge in [-0.1, -0.05) is 0 Å². The lowest BCUT2D eigenvalue weighted by Crippen LogP contribution is -2.12. The molecule has 0 spiro atoms. The van der Waals surface area contributed by atoms with Gasteiger partial charge in [0.05, 0.1) is 29.5 Å². The molecule has 20 heavy (non-hydrogen) atoms. The molecule has 1 rings (SSSR count). The van der Waals surface area contributed by atoms with Crippen LogP contribution in [0.1, 0.15) is 30.1 Å². The molecule has 0 radical (unpaired) electrons. The van der Waals surface area contributed by atoms with E-state index in [1.807, 2.05) is 0 Å². The Morgan fingerprint density at radius 3 is 2.40 bits per heavy atom. The number of esters is 2. The van der Waals surface area contributed by atoms with Gasteiger partial charge >= 0.3 is 17.9 Å². The van der Waals surface area contributed by atoms with E-state index in [4.69, 9.17) is 9.84 Å². The van der Waals surface area contributed by atoms with Crippen molar-refractivity contribution < 1.29 is 29.0 Å². The molecule has 0 bridgehead atoms. The maximum absolute atomic E-state index is 11.5. The lowest BCUT2D eigenvalue weighted by Gasteiger charge is -2.07. The maximum Gasteiger partial charge on any atom is 0.335 e. The van der Waals surface area contributed by atoms with Crippen molar-refractivity contribution in [1.82, 2.24) is 0 Å². The number of hydrogen-bond acceptors (Lipinski definition) is 5. The van der Waals surface area contributed by atoms with Crippen LogP contribution in [0, 0.1) is 0 Å². The van der Waals surface area contributed by atoms with Crippen LogP contribution >= 0.6 is 15.9 Å². The molecule has 0 aliphatic rings. The van der Waals surface area contributed by atoms with Crippen LogP contribution in [0.4, 0.5) is 0 Å². The summed E-state index contributed by atoms with van der Waals surface area (Å²) in [6.45, 7) is 1.94. The molecule has 1 aromatic rings. The molecule has 1 N–H and O–H groups in total. The van der Waals surface area contributed by atoms with Crippen LogP contribution in [-0.2, 0) is 14.3 Å². The summed E-state index contributed by atoms with van der Waals surface area (Å²) >= 11 is 3.12. The van der Waals surface area contributed by atoms with E-state index in [0.717, 1.165) is 0 Å². The fourth-order valence-corrected chi connectivity index (χ4v) is 1.79. The van der Waals surface area contributed by atoms with Gasteiger partial charge in [0.1, 0.15) is 5.75 Å². The molecule has 0 atom stereocenters. The number of benzene rings is 1. The fourth-order valence-electron chi connectivity index (χ4n) is 1.33. The molecule has 7 heteroatoms. The van der Waals surface area contributed by atoms with Crippen molar-refractivity contribution >= 4 is 33.8 Å². The average molecular weight is 345 g/mol. The summed E-state index contributed by atoms with van der Waals surface area (Å²) in [6, 6.07) is 4.02. The SMILES string of the molecule is CCOC(=O)CCC(=O)Oc1ccc(C(=O)O)cc1Br. The zero-order valence-corrected chi connectivity index (χ0v) is 12.3. The highest BCUT2D eigenvalue weighted by molar-refractivity contribution is 9.10. The summed E-state index contributed by atoms with van der Waals surface area (Å²) in [6.07, 6.45) is -0.163. The second-order valence-electron chi connectivity index (χ2n) is 3.73. The number of halogens is 1. The van der Waals surface area contributed by atoms with Gasteiger partial charge in [-0.2, -0.15) is 0 Å². The van der Waals surface area contributed by atoms with E-state index in [1.165, 1.54) is 18.2 Å². The van der Waals surface area contributed by atoms with Crippen LogP contribution in [-0.4, -0.2) is 29.6 Å². The topological polar surface area (TPSA) is 89.9 Å². The second-order valence-corrected chi connectivity index (χ2v) is 4.58. The minimum absolute atomic E-state index is 0.0580. The Labute approximate surface area is 123 Å². The molecule has 6 nitrogen and oxygen atoms in total. The first-order valence-electron chi connectivity index (χ1n) is 5.83. The highest BCUT2D eigenvalue weighted by Crippen LogP contribution is 2.26. The monoisotopic (exact) mass is 344 g/mol. The highest BCUT2D eigenvalue weighted by atomic mass is 79.9. The van der Waals surface area contributed by atoms with Crippen LogP contribution in [0.3, 0.4) is 0 Å². The van der Waals surface area contributed by atoms with Crippen LogP contribution in [0.25, 0.3) is 0 Å². The number of aromatic carboxylic acids is 1. The zero-order valence-electron chi connectivity index (χ0n) is 10.7. The predicted molar refractivity (Wildman–Crippen MR) is 72.6 cm³/mol. The van der Waals surface area contributed by atoms with Crippen LogP contribution in [0.5, 0.6) is 5.75 Å². The fraction of sp³-hybridized carbons (Fsp3) is 0.308. The Kier molecular flexibility index (Phi) is 6.17. The second kappa shape index (κ2) is 7.64. The largest absolute Gasteiger partial charge is 0.478 e. The zero-order chi connectivity index (χ0) is 15.1. The molecule has 108 valence electrons. The van der Waals surface area contributed by atoms with Crippen molar-refractivity contribution in [3.05, 3.63) is 28.2 Å². The van der Waals surface area contributed by atoms with E-state index in [2.05, 4.69) is 20.7 Å². The van der Waals surface area contributed by atoms with Crippen molar-refractivity contribution in [2.24, 2.45) is 0 Å². The Morgan fingerprint density at radius 2 is 1.85 bits per heavy atom. The Balaban J connectivity index is 2.58. The Bertz CT molecular complexity index is 526. The minimum atomic E-state index is -1.08. The molecule has 0 saturated carbocycles. The molecular weight excluding hydrogens is 332 g/mol. The molecule has 0 aliphatic heterocycles. The van der Waals surface area contributed by atoms with Crippen molar-refractivity contribution in [3.63, 3.8) is 0 Å². The highest BCUT2D eigenvalue weighted by Gasteiger charge is 2.13. The lowest BCUT2D eigenvalue weighted by atomic mass is 10.2. The average Bonchev–Trinajstić information content (AvgIpc) is 2.39. The van der Waals surface area contributed by atoms with Gasteiger partial charge in [0.15, 0.2) is 0 Å². The van der Waals surface area contributed by atoms with E-state index in [-0.39, 0.29) is 30.8 Å².